The molecule has 0 fully saturated rings. The second-order valence-corrected chi connectivity index (χ2v) is 5.50. The predicted octanol–water partition coefficient (Wildman–Crippen LogP) is 1.66. The fourth-order valence-corrected chi connectivity index (χ4v) is 2.19. The average Bonchev–Trinajstić information content (AvgIpc) is 3.21. The molecule has 1 aromatic heterocycles. The Morgan fingerprint density at radius 3 is 2.33 bits per heavy atom. The Balaban J connectivity index is 1.37. The summed E-state index contributed by atoms with van der Waals surface area (Å²) in [6.45, 7) is 0.378. The zero-order chi connectivity index (χ0) is 18.9. The van der Waals surface area contributed by atoms with E-state index in [-0.39, 0.29) is 31.5 Å². The van der Waals surface area contributed by atoms with Gasteiger partial charge in [-0.3, -0.25) is 9.59 Å². The first-order valence-corrected chi connectivity index (χ1v) is 8.34. The molecule has 8 nitrogen and oxygen atoms in total. The molecule has 27 heavy (non-hydrogen) atoms. The molecule has 138 valence electrons. The molecule has 0 bridgehead atoms. The van der Waals surface area contributed by atoms with Crippen molar-refractivity contribution in [2.24, 2.45) is 0 Å². The Kier molecular flexibility index (Phi) is 6.13. The van der Waals surface area contributed by atoms with Crippen molar-refractivity contribution in [3.05, 3.63) is 66.6 Å². The van der Waals surface area contributed by atoms with Crippen LogP contribution in [0.4, 0.5) is 0 Å². The first kappa shape index (κ1) is 18.1. The van der Waals surface area contributed by atoms with Gasteiger partial charge in [-0.25, -0.2) is 0 Å². The largest absolute Gasteiger partial charge is 0.484 e. The second kappa shape index (κ2) is 9.14. The molecule has 0 aliphatic heterocycles. The second-order valence-electron chi connectivity index (χ2n) is 5.50. The molecule has 2 N–H and O–H groups in total. The van der Waals surface area contributed by atoms with Crippen molar-refractivity contribution < 1.29 is 18.8 Å². The summed E-state index contributed by atoms with van der Waals surface area (Å²) >= 11 is 0. The van der Waals surface area contributed by atoms with E-state index in [1.807, 2.05) is 48.5 Å². The molecular formula is C19H18N4O4. The van der Waals surface area contributed by atoms with Crippen LogP contribution in [0.15, 0.2) is 65.2 Å². The van der Waals surface area contributed by atoms with E-state index in [4.69, 9.17) is 9.26 Å². The molecule has 0 atom stereocenters. The van der Waals surface area contributed by atoms with E-state index in [1.165, 1.54) is 0 Å². The molecule has 0 aliphatic rings. The minimum atomic E-state index is -0.500. The van der Waals surface area contributed by atoms with Crippen molar-refractivity contribution in [3.63, 3.8) is 0 Å². The van der Waals surface area contributed by atoms with Crippen molar-refractivity contribution in [1.29, 1.82) is 0 Å². The van der Waals surface area contributed by atoms with Gasteiger partial charge in [0.2, 0.25) is 5.82 Å². The smallest absolute Gasteiger partial charge is 0.316 e. The number of nitrogens with zero attached hydrogens (tertiary/aromatic N) is 2. The third kappa shape index (κ3) is 5.40. The number of hydrogen-bond acceptors (Lipinski definition) is 6. The van der Waals surface area contributed by atoms with Gasteiger partial charge in [0.05, 0.1) is 0 Å². The lowest BCUT2D eigenvalue weighted by Gasteiger charge is -2.07. The van der Waals surface area contributed by atoms with E-state index in [1.54, 1.807) is 12.1 Å². The van der Waals surface area contributed by atoms with Crippen LogP contribution < -0.4 is 15.4 Å². The van der Waals surface area contributed by atoms with Crippen molar-refractivity contribution in [2.45, 2.75) is 0 Å². The number of rotatable bonds is 8. The first-order valence-electron chi connectivity index (χ1n) is 8.34. The molecule has 0 radical (unpaired) electrons. The highest BCUT2D eigenvalue weighted by Crippen LogP contribution is 2.14. The van der Waals surface area contributed by atoms with Gasteiger partial charge in [-0.1, -0.05) is 53.7 Å². The Morgan fingerprint density at radius 1 is 0.926 bits per heavy atom. The highest BCUT2D eigenvalue weighted by Gasteiger charge is 2.15. The lowest BCUT2D eigenvalue weighted by molar-refractivity contribution is -0.123. The van der Waals surface area contributed by atoms with Crippen LogP contribution in [0.1, 0.15) is 10.7 Å². The molecule has 0 unspecified atom stereocenters. The number of benzene rings is 2. The molecule has 0 aliphatic carbocycles. The zero-order valence-corrected chi connectivity index (χ0v) is 14.4. The Bertz CT molecular complexity index is 881. The van der Waals surface area contributed by atoms with Gasteiger partial charge in [0.15, 0.2) is 6.61 Å². The standard InChI is InChI=1S/C19H18N4O4/c24-16(13-26-15-9-5-2-6-10-15)20-11-12-21-18(25)19-22-17(23-27-19)14-7-3-1-4-8-14/h1-10H,11-13H2,(H,20,24)(H,21,25). The molecule has 0 spiro atoms. The maximum absolute atomic E-state index is 12.0. The first-order chi connectivity index (χ1) is 13.2. The summed E-state index contributed by atoms with van der Waals surface area (Å²) in [4.78, 5) is 27.8. The van der Waals surface area contributed by atoms with Crippen LogP contribution in [0.3, 0.4) is 0 Å². The number of para-hydroxylation sites is 1. The number of ether oxygens (including phenoxy) is 1. The number of amides is 2. The number of hydrogen-bond donors (Lipinski definition) is 2. The summed E-state index contributed by atoms with van der Waals surface area (Å²) in [6, 6.07) is 18.2. The maximum Gasteiger partial charge on any atom is 0.316 e. The molecule has 8 heteroatoms. The van der Waals surface area contributed by atoms with Crippen molar-refractivity contribution >= 4 is 11.8 Å². The van der Waals surface area contributed by atoms with Gasteiger partial charge >= 0.3 is 11.8 Å². The summed E-state index contributed by atoms with van der Waals surface area (Å²) in [6.07, 6.45) is 0. The van der Waals surface area contributed by atoms with Crippen LogP contribution in [-0.4, -0.2) is 41.7 Å². The quantitative estimate of drug-likeness (QED) is 0.587. The third-order valence-electron chi connectivity index (χ3n) is 3.50. The Labute approximate surface area is 155 Å². The van der Waals surface area contributed by atoms with Crippen molar-refractivity contribution in [3.8, 4) is 17.1 Å². The van der Waals surface area contributed by atoms with Crippen LogP contribution in [0.25, 0.3) is 11.4 Å². The van der Waals surface area contributed by atoms with Gasteiger partial charge in [-0.15, -0.1) is 0 Å². The lowest BCUT2D eigenvalue weighted by atomic mass is 10.2. The average molecular weight is 366 g/mol. The monoisotopic (exact) mass is 366 g/mol. The molecule has 0 saturated heterocycles. The molecule has 2 aromatic carbocycles. The summed E-state index contributed by atoms with van der Waals surface area (Å²) in [7, 11) is 0. The fourth-order valence-electron chi connectivity index (χ4n) is 2.19. The van der Waals surface area contributed by atoms with Gasteiger partial charge in [-0.2, -0.15) is 4.98 Å². The summed E-state index contributed by atoms with van der Waals surface area (Å²) in [5.41, 5.74) is 0.756. The normalized spacial score (nSPS) is 10.2. The fraction of sp³-hybridized carbons (Fsp3) is 0.158. The van der Waals surface area contributed by atoms with E-state index < -0.39 is 5.91 Å². The molecule has 2 amide bonds. The van der Waals surface area contributed by atoms with Gasteiger partial charge in [-0.05, 0) is 12.1 Å². The summed E-state index contributed by atoms with van der Waals surface area (Å²) in [5, 5.41) is 9.03. The van der Waals surface area contributed by atoms with Crippen molar-refractivity contribution in [1.82, 2.24) is 20.8 Å². The minimum absolute atomic E-state index is 0.0952. The summed E-state index contributed by atoms with van der Waals surface area (Å²) in [5.74, 6) is 0.0444. The van der Waals surface area contributed by atoms with E-state index in [9.17, 15) is 9.59 Å². The van der Waals surface area contributed by atoms with Gasteiger partial charge in [0.25, 0.3) is 5.91 Å². The number of nitrogens with one attached hydrogen (secondary N) is 2. The van der Waals surface area contributed by atoms with Gasteiger partial charge < -0.3 is 19.9 Å². The molecular weight excluding hydrogens is 348 g/mol. The Morgan fingerprint density at radius 2 is 1.59 bits per heavy atom. The Hall–Kier alpha value is -3.68. The van der Waals surface area contributed by atoms with E-state index >= 15 is 0 Å². The SMILES string of the molecule is O=C(COc1ccccc1)NCCNC(=O)c1nc(-c2ccccc2)no1. The van der Waals surface area contributed by atoms with Crippen LogP contribution in [0, 0.1) is 0 Å². The van der Waals surface area contributed by atoms with Crippen LogP contribution in [0.2, 0.25) is 0 Å². The molecule has 0 saturated carbocycles. The number of aromatic nitrogens is 2. The van der Waals surface area contributed by atoms with Crippen LogP contribution in [0.5, 0.6) is 5.75 Å². The molecule has 1 heterocycles. The minimum Gasteiger partial charge on any atom is -0.484 e. The third-order valence-corrected chi connectivity index (χ3v) is 3.50. The highest BCUT2D eigenvalue weighted by molar-refractivity contribution is 5.89. The maximum atomic E-state index is 12.0. The zero-order valence-electron chi connectivity index (χ0n) is 14.4. The molecule has 3 aromatic rings. The van der Waals surface area contributed by atoms with E-state index in [0.717, 1.165) is 5.56 Å². The van der Waals surface area contributed by atoms with E-state index in [2.05, 4.69) is 20.8 Å². The highest BCUT2D eigenvalue weighted by atomic mass is 16.5. The topological polar surface area (TPSA) is 106 Å². The van der Waals surface area contributed by atoms with Crippen molar-refractivity contribution in [2.75, 3.05) is 19.7 Å². The van der Waals surface area contributed by atoms with Gasteiger partial charge in [0, 0.05) is 18.7 Å². The lowest BCUT2D eigenvalue weighted by Crippen LogP contribution is -2.36. The van der Waals surface area contributed by atoms with E-state index in [0.29, 0.717) is 11.6 Å². The van der Waals surface area contributed by atoms with Crippen LogP contribution >= 0.6 is 0 Å². The number of carbonyl (C=O) groups is 2. The molecule has 3 rings (SSSR count). The van der Waals surface area contributed by atoms with Gasteiger partial charge in [0.1, 0.15) is 5.75 Å². The van der Waals surface area contributed by atoms with Crippen LogP contribution in [-0.2, 0) is 4.79 Å². The number of carbonyl (C=O) groups excluding carboxylic acids is 2. The predicted molar refractivity (Wildman–Crippen MR) is 97.0 cm³/mol. The summed E-state index contributed by atoms with van der Waals surface area (Å²) < 4.78 is 10.3.